The second-order valence-electron chi connectivity index (χ2n) is 7.65. The molecule has 0 N–H and O–H groups in total. The third-order valence-electron chi connectivity index (χ3n) is 6.07. The number of allylic oxidation sites excluding steroid dienone is 3. The van der Waals surface area contributed by atoms with Gasteiger partial charge in [0.1, 0.15) is 23.0 Å². The zero-order valence-electron chi connectivity index (χ0n) is 19.0. The van der Waals surface area contributed by atoms with Crippen LogP contribution in [0.1, 0.15) is 37.3 Å². The molecule has 3 rings (SSSR count). The number of hydrogen-bond donors (Lipinski definition) is 0. The fraction of sp³-hybridized carbons (Fsp3) is 0.346. The van der Waals surface area contributed by atoms with Gasteiger partial charge in [-0.05, 0) is 60.4 Å². The third kappa shape index (κ3) is 4.61. The first-order valence-corrected chi connectivity index (χ1v) is 10.3. The predicted octanol–water partition coefficient (Wildman–Crippen LogP) is 5.44. The minimum atomic E-state index is -0.00638. The van der Waals surface area contributed by atoms with Crippen molar-refractivity contribution in [2.45, 2.75) is 26.2 Å². The zero-order valence-corrected chi connectivity index (χ0v) is 19.0. The molecule has 2 aromatic rings. The average molecular weight is 423 g/mol. The monoisotopic (exact) mass is 422 g/mol. The lowest BCUT2D eigenvalue weighted by Gasteiger charge is -2.32. The molecular weight excluding hydrogens is 392 g/mol. The van der Waals surface area contributed by atoms with Crippen molar-refractivity contribution in [2.24, 2.45) is 5.92 Å². The van der Waals surface area contributed by atoms with Gasteiger partial charge < -0.3 is 18.9 Å². The van der Waals surface area contributed by atoms with Gasteiger partial charge >= 0.3 is 0 Å². The van der Waals surface area contributed by atoms with Crippen LogP contribution >= 0.6 is 0 Å². The number of benzene rings is 2. The molecule has 0 aliphatic heterocycles. The fourth-order valence-electron chi connectivity index (χ4n) is 4.18. The Morgan fingerprint density at radius 2 is 1.45 bits per heavy atom. The van der Waals surface area contributed by atoms with E-state index in [0.717, 1.165) is 45.3 Å². The predicted molar refractivity (Wildman–Crippen MR) is 122 cm³/mol. The van der Waals surface area contributed by atoms with E-state index in [0.29, 0.717) is 6.42 Å². The number of carbonyl (C=O) groups is 1. The second kappa shape index (κ2) is 9.73. The summed E-state index contributed by atoms with van der Waals surface area (Å²) in [5, 5.41) is 0. The van der Waals surface area contributed by atoms with Crippen LogP contribution in [0.15, 0.2) is 53.6 Å². The molecule has 0 spiro atoms. The second-order valence-corrected chi connectivity index (χ2v) is 7.65. The molecule has 1 aliphatic carbocycles. The lowest BCUT2D eigenvalue weighted by atomic mass is 9.72. The number of hydrogen-bond acceptors (Lipinski definition) is 5. The van der Waals surface area contributed by atoms with Crippen LogP contribution in [0.4, 0.5) is 0 Å². The van der Waals surface area contributed by atoms with Crippen molar-refractivity contribution in [1.29, 1.82) is 0 Å². The first-order chi connectivity index (χ1) is 14.9. The molecule has 2 aromatic carbocycles. The quantitative estimate of drug-likeness (QED) is 0.594. The number of ketones is 1. The van der Waals surface area contributed by atoms with E-state index in [4.69, 9.17) is 18.9 Å². The van der Waals surface area contributed by atoms with Gasteiger partial charge in [0.05, 0.1) is 28.4 Å². The van der Waals surface area contributed by atoms with Crippen LogP contribution < -0.4 is 18.9 Å². The molecule has 5 nitrogen and oxygen atoms in total. The smallest absolute Gasteiger partial charge is 0.159 e. The molecule has 5 heteroatoms. The van der Waals surface area contributed by atoms with Crippen LogP contribution in [0, 0.1) is 5.92 Å². The van der Waals surface area contributed by atoms with Gasteiger partial charge in [0.15, 0.2) is 5.78 Å². The number of Topliss-reactive ketones (excluding diaryl/α,β-unsaturated/α-hetero) is 1. The molecule has 0 unspecified atom stereocenters. The van der Waals surface area contributed by atoms with Crippen molar-refractivity contribution in [3.63, 3.8) is 0 Å². The highest BCUT2D eigenvalue weighted by molar-refractivity contribution is 5.98. The Hall–Kier alpha value is -3.21. The lowest BCUT2D eigenvalue weighted by Crippen LogP contribution is -2.24. The highest BCUT2D eigenvalue weighted by Gasteiger charge is 2.33. The van der Waals surface area contributed by atoms with Crippen molar-refractivity contribution >= 4 is 11.9 Å². The summed E-state index contributed by atoms with van der Waals surface area (Å²) in [5.74, 6) is 3.27. The van der Waals surface area contributed by atoms with E-state index >= 15 is 0 Å². The van der Waals surface area contributed by atoms with Crippen molar-refractivity contribution in [3.8, 4) is 23.0 Å². The van der Waals surface area contributed by atoms with E-state index in [2.05, 4.69) is 6.92 Å². The number of rotatable bonds is 7. The Balaban J connectivity index is 2.01. The molecule has 0 saturated carbocycles. The fourth-order valence-corrected chi connectivity index (χ4v) is 4.18. The molecule has 0 heterocycles. The summed E-state index contributed by atoms with van der Waals surface area (Å²) >= 11 is 0. The van der Waals surface area contributed by atoms with E-state index in [1.54, 1.807) is 28.4 Å². The Morgan fingerprint density at radius 3 is 2.06 bits per heavy atom. The van der Waals surface area contributed by atoms with E-state index < -0.39 is 0 Å². The minimum Gasteiger partial charge on any atom is -0.497 e. The summed E-state index contributed by atoms with van der Waals surface area (Å²) < 4.78 is 21.8. The summed E-state index contributed by atoms with van der Waals surface area (Å²) in [4.78, 5) is 12.9. The molecule has 0 bridgehead atoms. The normalized spacial score (nSPS) is 19.0. The van der Waals surface area contributed by atoms with E-state index in [9.17, 15) is 4.79 Å². The highest BCUT2D eigenvalue weighted by Crippen LogP contribution is 2.44. The van der Waals surface area contributed by atoms with Gasteiger partial charge in [0.25, 0.3) is 0 Å². The Morgan fingerprint density at radius 1 is 0.839 bits per heavy atom. The van der Waals surface area contributed by atoms with Crippen LogP contribution in [-0.2, 0) is 4.79 Å². The standard InChI is InChI=1S/C26H30O5/c1-16-21(10-7-18-13-19(28-3)8-11-25(18)30-5)17(2)24(27)15-22(16)23-14-20(29-4)9-12-26(23)31-6/h7-14,16,22H,15H2,1-6H3/b10-7+/t16-,22-/m1/s1. The Labute approximate surface area is 184 Å². The molecule has 0 amide bonds. The molecule has 31 heavy (non-hydrogen) atoms. The summed E-state index contributed by atoms with van der Waals surface area (Å²) in [6.07, 6.45) is 4.44. The SMILES string of the molecule is COc1ccc(OC)c(/C=C/C2=C(C)C(=O)C[C@@H](c3cc(OC)ccc3OC)[C@@H]2C)c1. The average Bonchev–Trinajstić information content (AvgIpc) is 2.80. The molecule has 2 atom stereocenters. The summed E-state index contributed by atoms with van der Waals surface area (Å²) in [6.45, 7) is 4.06. The summed E-state index contributed by atoms with van der Waals surface area (Å²) in [6, 6.07) is 11.4. The first-order valence-electron chi connectivity index (χ1n) is 10.3. The van der Waals surface area contributed by atoms with Crippen LogP contribution in [0.2, 0.25) is 0 Å². The molecule has 1 aliphatic rings. The van der Waals surface area contributed by atoms with Gasteiger partial charge in [-0.1, -0.05) is 19.1 Å². The largest absolute Gasteiger partial charge is 0.497 e. The van der Waals surface area contributed by atoms with Crippen LogP contribution in [0.25, 0.3) is 6.08 Å². The molecule has 0 radical (unpaired) electrons. The van der Waals surface area contributed by atoms with Gasteiger partial charge in [-0.3, -0.25) is 4.79 Å². The van der Waals surface area contributed by atoms with E-state index in [1.807, 2.05) is 55.5 Å². The summed E-state index contributed by atoms with van der Waals surface area (Å²) in [7, 11) is 6.57. The topological polar surface area (TPSA) is 54.0 Å². The number of carbonyl (C=O) groups excluding carboxylic acids is 1. The highest BCUT2D eigenvalue weighted by atomic mass is 16.5. The molecule has 0 aromatic heterocycles. The Bertz CT molecular complexity index is 1020. The van der Waals surface area contributed by atoms with E-state index in [1.165, 1.54) is 0 Å². The van der Waals surface area contributed by atoms with Crippen LogP contribution in [0.5, 0.6) is 23.0 Å². The maximum Gasteiger partial charge on any atom is 0.159 e. The van der Waals surface area contributed by atoms with Crippen molar-refractivity contribution in [1.82, 2.24) is 0 Å². The maximum atomic E-state index is 12.9. The van der Waals surface area contributed by atoms with Crippen molar-refractivity contribution in [2.75, 3.05) is 28.4 Å². The van der Waals surface area contributed by atoms with Crippen molar-refractivity contribution < 1.29 is 23.7 Å². The van der Waals surface area contributed by atoms with Gasteiger partial charge in [0.2, 0.25) is 0 Å². The minimum absolute atomic E-state index is 0.00638. The van der Waals surface area contributed by atoms with Gasteiger partial charge in [-0.2, -0.15) is 0 Å². The van der Waals surface area contributed by atoms with Gasteiger partial charge in [-0.25, -0.2) is 0 Å². The molecule has 164 valence electrons. The molecule has 0 fully saturated rings. The zero-order chi connectivity index (χ0) is 22.5. The van der Waals surface area contributed by atoms with E-state index in [-0.39, 0.29) is 17.6 Å². The number of methoxy groups -OCH3 is 4. The molecular formula is C26H30O5. The van der Waals surface area contributed by atoms with Gasteiger partial charge in [0, 0.05) is 23.5 Å². The number of ether oxygens (including phenoxy) is 4. The first kappa shape index (κ1) is 22.5. The van der Waals surface area contributed by atoms with Crippen molar-refractivity contribution in [3.05, 3.63) is 64.7 Å². The summed E-state index contributed by atoms with van der Waals surface area (Å²) in [5.41, 5.74) is 3.68. The Kier molecular flexibility index (Phi) is 7.06. The maximum absolute atomic E-state index is 12.9. The van der Waals surface area contributed by atoms with Crippen LogP contribution in [0.3, 0.4) is 0 Å². The third-order valence-corrected chi connectivity index (χ3v) is 6.07. The van der Waals surface area contributed by atoms with Crippen LogP contribution in [-0.4, -0.2) is 34.2 Å². The van der Waals surface area contributed by atoms with Gasteiger partial charge in [-0.15, -0.1) is 0 Å². The lowest BCUT2D eigenvalue weighted by molar-refractivity contribution is -0.116. The molecule has 0 saturated heterocycles.